The van der Waals surface area contributed by atoms with Gasteiger partial charge in [-0.25, -0.2) is 9.97 Å². The number of nitrogens with one attached hydrogen (secondary N) is 1. The van der Waals surface area contributed by atoms with E-state index in [9.17, 15) is 80.0 Å². The van der Waals surface area contributed by atoms with Crippen molar-refractivity contribution in [1.29, 1.82) is 5.26 Å². The van der Waals surface area contributed by atoms with E-state index in [0.717, 1.165) is 61.6 Å². The topological polar surface area (TPSA) is 477 Å². The normalized spacial score (nSPS) is 12.9. The summed E-state index contributed by atoms with van der Waals surface area (Å²) in [6.45, 7) is 3.79. The molecule has 1 amide bonds. The Bertz CT molecular complexity index is 4850. The van der Waals surface area contributed by atoms with Gasteiger partial charge in [-0.15, -0.1) is 37.3 Å². The van der Waals surface area contributed by atoms with E-state index < -0.39 is 88.6 Å². The Balaban J connectivity index is 1.23. The second-order valence-electron chi connectivity index (χ2n) is 17.9. The molecular formula is C47H43N11O20S7. The Morgan fingerprint density at radius 2 is 1.35 bits per heavy atom. The molecule has 38 heteroatoms. The number of pyridine rings is 1. The minimum absolute atomic E-state index is 0.000393. The van der Waals surface area contributed by atoms with Gasteiger partial charge in [-0.1, -0.05) is 11.3 Å². The highest BCUT2D eigenvalue weighted by Crippen LogP contribution is 2.46. The number of amides is 1. The van der Waals surface area contributed by atoms with E-state index in [-0.39, 0.29) is 135 Å². The molecule has 85 heavy (non-hydrogen) atoms. The van der Waals surface area contributed by atoms with E-state index in [1.807, 2.05) is 6.07 Å². The van der Waals surface area contributed by atoms with Crippen LogP contribution in [0.5, 0.6) is 23.1 Å². The number of anilines is 1. The first-order valence-corrected chi connectivity index (χ1v) is 33.1. The van der Waals surface area contributed by atoms with Crippen LogP contribution in [0.3, 0.4) is 0 Å². The zero-order chi connectivity index (χ0) is 62.3. The number of methoxy groups -OCH3 is 2. The number of carbonyl (C=O) groups is 1. The SMILES string of the molecule is COc1cc2nc3c(C#N)c(C)c(N=Nc4cc(C)c(N=Nc5cc(NC(C)=O)c(N=Nc6nc7c(S(=O)(=O)O)cc8c(OC)cc(S(=O)(=O)O)cc8c7s6)cc5SCCCS(=O)(=O)O)cc4OCCCS(=O)(=O)O)c(O)n3c2cc1S(=O)(=O)O. The number of benzene rings is 5. The van der Waals surface area contributed by atoms with Gasteiger partial charge in [-0.05, 0) is 74.4 Å². The van der Waals surface area contributed by atoms with Crippen molar-refractivity contribution < 1.29 is 89.0 Å². The first-order chi connectivity index (χ1) is 39.7. The summed E-state index contributed by atoms with van der Waals surface area (Å²) in [7, 11) is -21.3. The standard InChI is InChI=1S/C47H43N11O20S7/c1-22-12-33(54-56-42-23(2)28(21-48)45-50-32-18-38(77-5)40(84(70,71)72)20-35(32)58(45)46(42)60)37(78-8-6-10-81(61,62)63)17-29(22)52-55-34-16-30(49-24(3)59)31(19-39(34)79-9-7-11-82(64,65)66)53-57-47-51-43-41(85(73,74)75)15-26-27(44(43)80-47)13-25(83(67,68)69)14-36(26)76-4/h12-20,60H,6-11H2,1-5H3,(H,49,59)(H,61,62,63)(H,64,65,66)(H,67,68,69)(H,70,71,72)(H,73,74,75). The molecule has 0 radical (unpaired) electrons. The van der Waals surface area contributed by atoms with Crippen molar-refractivity contribution in [3.05, 3.63) is 71.3 Å². The van der Waals surface area contributed by atoms with Crippen molar-refractivity contribution in [1.82, 2.24) is 14.4 Å². The van der Waals surface area contributed by atoms with Crippen molar-refractivity contribution in [3.63, 3.8) is 0 Å². The maximum absolute atomic E-state index is 12.7. The number of rotatable bonds is 22. The molecule has 0 aliphatic rings. The number of aromatic hydroxyl groups is 1. The van der Waals surface area contributed by atoms with Gasteiger partial charge in [0.15, 0.2) is 11.3 Å². The molecule has 0 spiro atoms. The minimum Gasteiger partial charge on any atom is -0.496 e. The van der Waals surface area contributed by atoms with Gasteiger partial charge in [0.2, 0.25) is 16.9 Å². The van der Waals surface area contributed by atoms with Gasteiger partial charge in [-0.3, -0.25) is 32.0 Å². The zero-order valence-electron chi connectivity index (χ0n) is 44.2. The molecule has 3 heterocycles. The van der Waals surface area contributed by atoms with Gasteiger partial charge in [0.1, 0.15) is 61.3 Å². The largest absolute Gasteiger partial charge is 0.496 e. The summed E-state index contributed by atoms with van der Waals surface area (Å²) in [6, 6.07) is 12.5. The smallest absolute Gasteiger partial charge is 0.298 e. The molecule has 0 bridgehead atoms. The summed E-state index contributed by atoms with van der Waals surface area (Å²) in [5, 5.41) is 50.2. The van der Waals surface area contributed by atoms with Crippen molar-refractivity contribution in [2.75, 3.05) is 43.4 Å². The van der Waals surface area contributed by atoms with Crippen LogP contribution in [-0.2, 0) is 55.4 Å². The third-order valence-corrected chi connectivity index (χ3v) is 18.3. The number of thiazole rings is 1. The number of hydrogen-bond donors (Lipinski definition) is 7. The maximum atomic E-state index is 12.7. The quantitative estimate of drug-likeness (QED) is 0.0144. The summed E-state index contributed by atoms with van der Waals surface area (Å²) < 4.78 is 187. The summed E-state index contributed by atoms with van der Waals surface area (Å²) >= 11 is 1.68. The van der Waals surface area contributed by atoms with Gasteiger partial charge in [0.25, 0.3) is 50.6 Å². The molecule has 3 aromatic heterocycles. The second-order valence-corrected chi connectivity index (χ2v) is 27.4. The average Bonchev–Trinajstić information content (AvgIpc) is 1.96. The number of ether oxygens (including phenoxy) is 3. The van der Waals surface area contributed by atoms with Crippen LogP contribution < -0.4 is 19.5 Å². The number of imidazole rings is 1. The lowest BCUT2D eigenvalue weighted by molar-refractivity contribution is -0.114. The first kappa shape index (κ1) is 63.1. The van der Waals surface area contributed by atoms with Gasteiger partial charge >= 0.3 is 0 Å². The van der Waals surface area contributed by atoms with E-state index in [1.54, 1.807) is 6.92 Å². The van der Waals surface area contributed by atoms with Crippen LogP contribution in [0.15, 0.2) is 105 Å². The fourth-order valence-electron chi connectivity index (χ4n) is 8.24. The summed E-state index contributed by atoms with van der Waals surface area (Å²) in [5.74, 6) is -3.25. The number of fused-ring (bicyclic) bond motifs is 6. The van der Waals surface area contributed by atoms with Crippen LogP contribution >= 0.6 is 23.1 Å². The fraction of sp³-hybridized carbons (Fsp3) is 0.234. The van der Waals surface area contributed by atoms with Crippen molar-refractivity contribution in [2.45, 2.75) is 53.2 Å². The second kappa shape index (κ2) is 24.2. The summed E-state index contributed by atoms with van der Waals surface area (Å²) in [4.78, 5) is 19.5. The van der Waals surface area contributed by atoms with Gasteiger partial charge in [0, 0.05) is 46.4 Å². The molecule has 5 aromatic carbocycles. The van der Waals surface area contributed by atoms with E-state index in [1.165, 1.54) is 37.3 Å². The lowest BCUT2D eigenvalue weighted by Crippen LogP contribution is -2.08. The summed E-state index contributed by atoms with van der Waals surface area (Å²) in [5.41, 5.74) is -0.779. The Hall–Kier alpha value is -7.94. The Morgan fingerprint density at radius 1 is 0.706 bits per heavy atom. The number of hydrogen-bond acceptors (Lipinski definition) is 26. The minimum atomic E-state index is -5.03. The Morgan fingerprint density at radius 3 is 1.98 bits per heavy atom. The molecule has 0 fully saturated rings. The number of nitriles is 1. The van der Waals surface area contributed by atoms with Crippen LogP contribution in [0.4, 0.5) is 39.3 Å². The molecule has 0 saturated heterocycles. The van der Waals surface area contributed by atoms with Crippen molar-refractivity contribution in [2.24, 2.45) is 30.7 Å². The number of aryl methyl sites for hydroxylation is 1. The van der Waals surface area contributed by atoms with Gasteiger partial charge in [-0.2, -0.15) is 52.5 Å². The number of aromatic nitrogens is 3. The number of thioether (sulfide) groups is 1. The van der Waals surface area contributed by atoms with E-state index in [0.29, 0.717) is 16.9 Å². The molecule has 0 aliphatic heterocycles. The average molecular weight is 1310 g/mol. The van der Waals surface area contributed by atoms with Crippen molar-refractivity contribution >= 4 is 157 Å². The molecule has 7 N–H and O–H groups in total. The summed E-state index contributed by atoms with van der Waals surface area (Å²) in [6.07, 6.45) is -0.335. The number of nitrogens with zero attached hydrogens (tertiary/aromatic N) is 10. The molecule has 0 unspecified atom stereocenters. The monoisotopic (exact) mass is 1310 g/mol. The lowest BCUT2D eigenvalue weighted by atomic mass is 10.1. The molecule has 8 aromatic rings. The highest BCUT2D eigenvalue weighted by molar-refractivity contribution is 7.99. The molecule has 0 atom stereocenters. The van der Waals surface area contributed by atoms with Gasteiger partial charge in [0.05, 0.1) is 64.3 Å². The highest BCUT2D eigenvalue weighted by Gasteiger charge is 2.27. The fourth-order valence-corrected chi connectivity index (χ4v) is 13.2. The van der Waals surface area contributed by atoms with Crippen molar-refractivity contribution in [3.8, 4) is 29.2 Å². The van der Waals surface area contributed by atoms with Crippen LogP contribution in [-0.4, -0.2) is 128 Å². The molecular weight excluding hydrogens is 1260 g/mol. The maximum Gasteiger partial charge on any atom is 0.298 e. The molecule has 31 nitrogen and oxygen atoms in total. The first-order valence-electron chi connectivity index (χ1n) is 23.7. The van der Waals surface area contributed by atoms with Crippen LogP contribution in [0.25, 0.3) is 37.7 Å². The third kappa shape index (κ3) is 14.3. The Labute approximate surface area is 489 Å². The molecule has 448 valence electrons. The van der Waals surface area contributed by atoms with E-state index >= 15 is 0 Å². The predicted molar refractivity (Wildman–Crippen MR) is 306 cm³/mol. The van der Waals surface area contributed by atoms with Crippen LogP contribution in [0.2, 0.25) is 0 Å². The molecule has 8 rings (SSSR count). The Kier molecular flexibility index (Phi) is 18.0. The zero-order valence-corrected chi connectivity index (χ0v) is 49.9. The van der Waals surface area contributed by atoms with Gasteiger partial charge < -0.3 is 24.6 Å². The van der Waals surface area contributed by atoms with E-state index in [2.05, 4.69) is 46.0 Å². The van der Waals surface area contributed by atoms with E-state index in [4.69, 9.17) is 14.2 Å². The third-order valence-electron chi connectivity index (χ3n) is 12.0. The highest BCUT2D eigenvalue weighted by atomic mass is 32.2. The van der Waals surface area contributed by atoms with Crippen LogP contribution in [0, 0.1) is 25.2 Å². The van der Waals surface area contributed by atoms with Crippen LogP contribution in [0.1, 0.15) is 36.5 Å². The molecule has 0 saturated carbocycles. The predicted octanol–water partition coefficient (Wildman–Crippen LogP) is 9.43. The number of carbonyl (C=O) groups excluding carboxylic acids is 1. The molecule has 0 aliphatic carbocycles. The lowest BCUT2D eigenvalue weighted by Gasteiger charge is -2.13. The number of azo groups is 3.